The lowest BCUT2D eigenvalue weighted by Gasteiger charge is -2.11. The highest BCUT2D eigenvalue weighted by Crippen LogP contribution is 2.29. The van der Waals surface area contributed by atoms with Crippen LogP contribution in [0.4, 0.5) is 0 Å². The highest BCUT2D eigenvalue weighted by molar-refractivity contribution is 5.63. The molecule has 0 saturated heterocycles. The Morgan fingerprint density at radius 3 is 2.65 bits per heavy atom. The molecule has 0 saturated carbocycles. The van der Waals surface area contributed by atoms with Crippen LogP contribution in [0, 0.1) is 6.92 Å². The number of pyridine rings is 1. The number of aliphatic hydroxyl groups excluding tert-OH is 1. The van der Waals surface area contributed by atoms with Crippen molar-refractivity contribution >= 4 is 0 Å². The van der Waals surface area contributed by atoms with Gasteiger partial charge >= 0.3 is 0 Å². The maximum Gasteiger partial charge on any atom is 0.109 e. The Bertz CT molecular complexity index is 707. The number of H-pyrrole nitrogens is 1. The quantitative estimate of drug-likeness (QED) is 0.765. The van der Waals surface area contributed by atoms with Crippen molar-refractivity contribution in [3.63, 3.8) is 0 Å². The summed E-state index contributed by atoms with van der Waals surface area (Å²) < 4.78 is 0. The number of aromatic amines is 1. The molecular weight excluding hydrogens is 250 g/mol. The first kappa shape index (κ1) is 12.6. The summed E-state index contributed by atoms with van der Waals surface area (Å²) in [6.45, 7) is 1.96. The van der Waals surface area contributed by atoms with Gasteiger partial charge in [0.25, 0.3) is 0 Å². The lowest BCUT2D eigenvalue weighted by Crippen LogP contribution is -2.01. The average Bonchev–Trinajstić information content (AvgIpc) is 2.97. The van der Waals surface area contributed by atoms with Crippen molar-refractivity contribution in [3.8, 4) is 11.3 Å². The van der Waals surface area contributed by atoms with E-state index in [1.165, 1.54) is 0 Å². The van der Waals surface area contributed by atoms with Gasteiger partial charge in [0.2, 0.25) is 0 Å². The molecule has 1 atom stereocenters. The summed E-state index contributed by atoms with van der Waals surface area (Å²) in [7, 11) is 0. The first-order valence-electron chi connectivity index (χ1n) is 6.44. The lowest BCUT2D eigenvalue weighted by atomic mass is 9.99. The van der Waals surface area contributed by atoms with E-state index in [1.54, 1.807) is 18.6 Å². The number of nitrogens with zero attached hydrogens (tertiary/aromatic N) is 2. The summed E-state index contributed by atoms with van der Waals surface area (Å²) >= 11 is 0. The Balaban J connectivity index is 2.02. The van der Waals surface area contributed by atoms with E-state index in [2.05, 4.69) is 15.2 Å². The molecule has 0 bridgehead atoms. The molecule has 1 aromatic carbocycles. The van der Waals surface area contributed by atoms with Crippen LogP contribution in [0.15, 0.2) is 55.0 Å². The van der Waals surface area contributed by atoms with Gasteiger partial charge in [0, 0.05) is 23.5 Å². The molecular formula is C16H15N3O. The summed E-state index contributed by atoms with van der Waals surface area (Å²) in [5.41, 5.74) is 4.37. The van der Waals surface area contributed by atoms with E-state index in [0.717, 1.165) is 27.9 Å². The minimum Gasteiger partial charge on any atom is -0.383 e. The van der Waals surface area contributed by atoms with E-state index >= 15 is 0 Å². The Kier molecular flexibility index (Phi) is 3.31. The summed E-state index contributed by atoms with van der Waals surface area (Å²) in [4.78, 5) is 4.13. The van der Waals surface area contributed by atoms with E-state index in [9.17, 15) is 5.11 Å². The Morgan fingerprint density at radius 2 is 1.90 bits per heavy atom. The number of benzene rings is 1. The largest absolute Gasteiger partial charge is 0.383 e. The van der Waals surface area contributed by atoms with Crippen molar-refractivity contribution in [1.82, 2.24) is 15.2 Å². The van der Waals surface area contributed by atoms with Crippen molar-refractivity contribution in [2.45, 2.75) is 13.0 Å². The third-order valence-corrected chi connectivity index (χ3v) is 3.24. The fraction of sp³-hybridized carbons (Fsp3) is 0.125. The van der Waals surface area contributed by atoms with Crippen LogP contribution < -0.4 is 0 Å². The number of hydrogen-bond acceptors (Lipinski definition) is 3. The van der Waals surface area contributed by atoms with E-state index in [0.29, 0.717) is 0 Å². The first-order chi connectivity index (χ1) is 9.75. The minimum absolute atomic E-state index is 0.739. The van der Waals surface area contributed by atoms with Crippen LogP contribution in [0.3, 0.4) is 0 Å². The van der Waals surface area contributed by atoms with Gasteiger partial charge in [0.15, 0.2) is 0 Å². The topological polar surface area (TPSA) is 61.8 Å². The molecule has 0 fully saturated rings. The van der Waals surface area contributed by atoms with Crippen LogP contribution in [0.25, 0.3) is 11.3 Å². The zero-order chi connectivity index (χ0) is 13.9. The monoisotopic (exact) mass is 265 g/mol. The van der Waals surface area contributed by atoms with Crippen molar-refractivity contribution < 1.29 is 5.11 Å². The summed E-state index contributed by atoms with van der Waals surface area (Å²) in [5, 5.41) is 17.6. The second-order valence-corrected chi connectivity index (χ2v) is 4.76. The molecule has 4 nitrogen and oxygen atoms in total. The molecule has 0 aliphatic carbocycles. The molecule has 2 heterocycles. The zero-order valence-corrected chi connectivity index (χ0v) is 11.1. The van der Waals surface area contributed by atoms with Crippen molar-refractivity contribution in [1.29, 1.82) is 0 Å². The predicted molar refractivity (Wildman–Crippen MR) is 77.1 cm³/mol. The minimum atomic E-state index is -0.739. The van der Waals surface area contributed by atoms with Gasteiger partial charge in [0.05, 0.1) is 11.9 Å². The zero-order valence-electron chi connectivity index (χ0n) is 11.1. The van der Waals surface area contributed by atoms with Gasteiger partial charge in [-0.1, -0.05) is 36.4 Å². The molecule has 3 aromatic rings. The summed E-state index contributed by atoms with van der Waals surface area (Å²) in [5.74, 6) is 0. The van der Waals surface area contributed by atoms with Gasteiger partial charge in [-0.3, -0.25) is 10.1 Å². The molecule has 0 amide bonds. The molecule has 0 aliphatic rings. The Hall–Kier alpha value is -2.46. The highest BCUT2D eigenvalue weighted by Gasteiger charge is 2.18. The molecule has 100 valence electrons. The lowest BCUT2D eigenvalue weighted by molar-refractivity contribution is 0.220. The van der Waals surface area contributed by atoms with Crippen LogP contribution in [0.5, 0.6) is 0 Å². The molecule has 0 aliphatic heterocycles. The van der Waals surface area contributed by atoms with Crippen molar-refractivity contribution in [2.75, 3.05) is 0 Å². The van der Waals surface area contributed by atoms with Crippen molar-refractivity contribution in [3.05, 3.63) is 71.7 Å². The van der Waals surface area contributed by atoms with Crippen LogP contribution in [0.2, 0.25) is 0 Å². The van der Waals surface area contributed by atoms with E-state index in [-0.39, 0.29) is 0 Å². The molecule has 2 aromatic heterocycles. The average molecular weight is 265 g/mol. The van der Waals surface area contributed by atoms with Gasteiger partial charge in [-0.05, 0) is 18.1 Å². The second-order valence-electron chi connectivity index (χ2n) is 4.76. The first-order valence-corrected chi connectivity index (χ1v) is 6.44. The fourth-order valence-corrected chi connectivity index (χ4v) is 2.25. The van der Waals surface area contributed by atoms with Gasteiger partial charge in [0.1, 0.15) is 6.10 Å². The van der Waals surface area contributed by atoms with Gasteiger partial charge < -0.3 is 5.11 Å². The van der Waals surface area contributed by atoms with Crippen molar-refractivity contribution in [2.24, 2.45) is 0 Å². The third-order valence-electron chi connectivity index (χ3n) is 3.24. The van der Waals surface area contributed by atoms with Crippen LogP contribution in [-0.2, 0) is 0 Å². The van der Waals surface area contributed by atoms with E-state index in [1.807, 2.05) is 43.3 Å². The second kappa shape index (κ2) is 5.27. The number of nitrogens with one attached hydrogen (secondary N) is 1. The van der Waals surface area contributed by atoms with Gasteiger partial charge in [-0.15, -0.1) is 0 Å². The number of aromatic nitrogens is 3. The number of aryl methyl sites for hydroxylation is 1. The Morgan fingerprint density at radius 1 is 1.10 bits per heavy atom. The van der Waals surface area contributed by atoms with Gasteiger partial charge in [-0.2, -0.15) is 5.10 Å². The maximum atomic E-state index is 10.5. The van der Waals surface area contributed by atoms with E-state index < -0.39 is 6.10 Å². The van der Waals surface area contributed by atoms with Gasteiger partial charge in [-0.25, -0.2) is 0 Å². The number of aliphatic hydroxyl groups is 1. The molecule has 3 rings (SSSR count). The summed E-state index contributed by atoms with van der Waals surface area (Å²) in [6, 6.07) is 11.8. The standard InChI is InChI=1S/C16H15N3O/c1-11-7-13(9-17-8-11)16(20)14-10-18-19-15(14)12-5-3-2-4-6-12/h2-10,16,20H,1H3,(H,18,19). The third kappa shape index (κ3) is 2.33. The number of hydrogen-bond donors (Lipinski definition) is 2. The molecule has 1 unspecified atom stereocenters. The molecule has 0 radical (unpaired) electrons. The van der Waals surface area contributed by atoms with E-state index in [4.69, 9.17) is 0 Å². The highest BCUT2D eigenvalue weighted by atomic mass is 16.3. The van der Waals surface area contributed by atoms with Crippen LogP contribution >= 0.6 is 0 Å². The summed E-state index contributed by atoms with van der Waals surface area (Å²) in [6.07, 6.45) is 4.37. The maximum absolute atomic E-state index is 10.5. The molecule has 4 heteroatoms. The SMILES string of the molecule is Cc1cncc(C(O)c2cn[nH]c2-c2ccccc2)c1. The Labute approximate surface area is 117 Å². The predicted octanol–water partition coefficient (Wildman–Crippen LogP) is 2.86. The number of rotatable bonds is 3. The molecule has 20 heavy (non-hydrogen) atoms. The smallest absolute Gasteiger partial charge is 0.109 e. The normalized spacial score (nSPS) is 12.3. The van der Waals surface area contributed by atoms with Crippen LogP contribution in [0.1, 0.15) is 22.8 Å². The molecule has 0 spiro atoms. The fourth-order valence-electron chi connectivity index (χ4n) is 2.25. The molecule has 2 N–H and O–H groups in total. The van der Waals surface area contributed by atoms with Crippen LogP contribution in [-0.4, -0.2) is 20.3 Å².